The van der Waals surface area contributed by atoms with Gasteiger partial charge < -0.3 is 14.9 Å². The maximum Gasteiger partial charge on any atom is 0.123 e. The first-order chi connectivity index (χ1) is 8.11. The van der Waals surface area contributed by atoms with Gasteiger partial charge in [-0.05, 0) is 36.4 Å². The first-order valence-corrected chi connectivity index (χ1v) is 5.35. The summed E-state index contributed by atoms with van der Waals surface area (Å²) in [6.07, 6.45) is 0. The second kappa shape index (κ2) is 4.55. The van der Waals surface area contributed by atoms with Gasteiger partial charge in [0.05, 0.1) is 12.1 Å². The zero-order valence-electron chi connectivity index (χ0n) is 9.14. The summed E-state index contributed by atoms with van der Waals surface area (Å²) >= 11 is 6.09. The normalized spacial score (nSPS) is 10.2. The van der Waals surface area contributed by atoms with Crippen LogP contribution in [0, 0.1) is 0 Å². The number of ether oxygens (including phenoxy) is 1. The van der Waals surface area contributed by atoms with Gasteiger partial charge in [-0.25, -0.2) is 0 Å². The first-order valence-electron chi connectivity index (χ1n) is 4.97. The molecule has 0 radical (unpaired) electrons. The molecule has 0 saturated heterocycles. The van der Waals surface area contributed by atoms with Crippen molar-refractivity contribution in [2.24, 2.45) is 0 Å². The first kappa shape index (κ1) is 11.6. The molecular weight excluding hydrogens is 240 g/mol. The van der Waals surface area contributed by atoms with Crippen molar-refractivity contribution < 1.29 is 14.9 Å². The van der Waals surface area contributed by atoms with E-state index >= 15 is 0 Å². The molecule has 0 fully saturated rings. The molecule has 0 bridgehead atoms. The van der Waals surface area contributed by atoms with Crippen molar-refractivity contribution in [3.05, 3.63) is 41.4 Å². The topological polar surface area (TPSA) is 49.7 Å². The highest BCUT2D eigenvalue weighted by molar-refractivity contribution is 6.33. The zero-order chi connectivity index (χ0) is 12.4. The highest BCUT2D eigenvalue weighted by Crippen LogP contribution is 2.37. The number of phenols is 2. The van der Waals surface area contributed by atoms with Gasteiger partial charge in [0.1, 0.15) is 17.2 Å². The molecule has 0 aliphatic rings. The third kappa shape index (κ3) is 2.29. The van der Waals surface area contributed by atoms with Crippen LogP contribution in [0.15, 0.2) is 36.4 Å². The van der Waals surface area contributed by atoms with Crippen LogP contribution in [0.1, 0.15) is 0 Å². The molecule has 0 atom stereocenters. The molecule has 17 heavy (non-hydrogen) atoms. The second-order valence-corrected chi connectivity index (χ2v) is 3.95. The summed E-state index contributed by atoms with van der Waals surface area (Å²) in [6, 6.07) is 9.42. The van der Waals surface area contributed by atoms with Gasteiger partial charge >= 0.3 is 0 Å². The number of phenolic OH excluding ortho intramolecular Hbond substituents is 2. The molecule has 0 aliphatic heterocycles. The maximum absolute atomic E-state index is 9.74. The largest absolute Gasteiger partial charge is 0.508 e. The van der Waals surface area contributed by atoms with Crippen molar-refractivity contribution >= 4 is 11.6 Å². The van der Waals surface area contributed by atoms with E-state index in [0.29, 0.717) is 21.9 Å². The van der Waals surface area contributed by atoms with Crippen molar-refractivity contribution in [2.75, 3.05) is 7.11 Å². The lowest BCUT2D eigenvalue weighted by atomic mass is 10.0. The van der Waals surface area contributed by atoms with Crippen LogP contribution in [0.2, 0.25) is 5.02 Å². The molecule has 2 N–H and O–H groups in total. The summed E-state index contributed by atoms with van der Waals surface area (Å²) in [5.41, 5.74) is 1.12. The van der Waals surface area contributed by atoms with Crippen LogP contribution >= 0.6 is 11.6 Å². The number of halogens is 1. The lowest BCUT2D eigenvalue weighted by molar-refractivity contribution is 0.415. The third-order valence-electron chi connectivity index (χ3n) is 2.45. The third-order valence-corrected chi connectivity index (χ3v) is 2.76. The minimum atomic E-state index is 0.0647. The van der Waals surface area contributed by atoms with Crippen molar-refractivity contribution in [2.45, 2.75) is 0 Å². The van der Waals surface area contributed by atoms with Gasteiger partial charge in [-0.2, -0.15) is 0 Å². The Hall–Kier alpha value is -1.87. The fourth-order valence-electron chi connectivity index (χ4n) is 1.58. The Balaban J connectivity index is 2.56. The van der Waals surface area contributed by atoms with E-state index in [9.17, 15) is 10.2 Å². The molecule has 88 valence electrons. The predicted octanol–water partition coefficient (Wildman–Crippen LogP) is 3.43. The van der Waals surface area contributed by atoms with Gasteiger partial charge in [0.2, 0.25) is 0 Å². The van der Waals surface area contributed by atoms with Crippen LogP contribution in [0.3, 0.4) is 0 Å². The minimum Gasteiger partial charge on any atom is -0.508 e. The molecule has 0 spiro atoms. The Bertz CT molecular complexity index is 552. The van der Waals surface area contributed by atoms with Crippen LogP contribution < -0.4 is 4.74 Å². The Morgan fingerprint density at radius 3 is 2.41 bits per heavy atom. The van der Waals surface area contributed by atoms with E-state index in [-0.39, 0.29) is 11.5 Å². The summed E-state index contributed by atoms with van der Waals surface area (Å²) in [4.78, 5) is 0. The van der Waals surface area contributed by atoms with E-state index < -0.39 is 0 Å². The number of methoxy groups -OCH3 is 1. The monoisotopic (exact) mass is 250 g/mol. The molecule has 0 heterocycles. The standard InChI is InChI=1S/C13H11ClO3/c1-17-9-3-4-10(12(14)7-9)11-6-8(15)2-5-13(11)16/h2-7,15-16H,1H3. The molecule has 0 saturated carbocycles. The van der Waals surface area contributed by atoms with Crippen LogP contribution in [0.4, 0.5) is 0 Å². The maximum atomic E-state index is 9.74. The van der Waals surface area contributed by atoms with Gasteiger partial charge in [0.25, 0.3) is 0 Å². The quantitative estimate of drug-likeness (QED) is 0.803. The Morgan fingerprint density at radius 1 is 1.00 bits per heavy atom. The highest BCUT2D eigenvalue weighted by Gasteiger charge is 2.10. The molecule has 0 aromatic heterocycles. The highest BCUT2D eigenvalue weighted by atomic mass is 35.5. The Labute approximate surface area is 104 Å². The van der Waals surface area contributed by atoms with E-state index in [2.05, 4.69) is 0 Å². The molecular formula is C13H11ClO3. The van der Waals surface area contributed by atoms with Crippen molar-refractivity contribution in [1.82, 2.24) is 0 Å². The average molecular weight is 251 g/mol. The van der Waals surface area contributed by atoms with Gasteiger partial charge in [0.15, 0.2) is 0 Å². The van der Waals surface area contributed by atoms with Crippen molar-refractivity contribution in [1.29, 1.82) is 0 Å². The van der Waals surface area contributed by atoms with E-state index in [4.69, 9.17) is 16.3 Å². The number of aromatic hydroxyl groups is 2. The van der Waals surface area contributed by atoms with Gasteiger partial charge in [-0.1, -0.05) is 11.6 Å². The summed E-state index contributed by atoms with van der Waals surface area (Å²) in [5, 5.41) is 19.6. The van der Waals surface area contributed by atoms with Crippen molar-refractivity contribution in [3.8, 4) is 28.4 Å². The Morgan fingerprint density at radius 2 is 1.76 bits per heavy atom. The Kier molecular flexibility index (Phi) is 3.11. The van der Waals surface area contributed by atoms with Crippen molar-refractivity contribution in [3.63, 3.8) is 0 Å². The van der Waals surface area contributed by atoms with Crippen LogP contribution in [-0.4, -0.2) is 17.3 Å². The number of rotatable bonds is 2. The lowest BCUT2D eigenvalue weighted by Crippen LogP contribution is -1.85. The molecule has 4 heteroatoms. The molecule has 0 unspecified atom stereocenters. The number of hydrogen-bond acceptors (Lipinski definition) is 3. The lowest BCUT2D eigenvalue weighted by Gasteiger charge is -2.09. The second-order valence-electron chi connectivity index (χ2n) is 3.55. The van der Waals surface area contributed by atoms with Gasteiger partial charge in [-0.15, -0.1) is 0 Å². The van der Waals surface area contributed by atoms with Gasteiger partial charge in [-0.3, -0.25) is 0 Å². The molecule has 0 aliphatic carbocycles. The molecule has 2 aromatic rings. The van der Waals surface area contributed by atoms with Crippen LogP contribution in [-0.2, 0) is 0 Å². The zero-order valence-corrected chi connectivity index (χ0v) is 9.90. The van der Waals surface area contributed by atoms with Crippen LogP contribution in [0.25, 0.3) is 11.1 Å². The predicted molar refractivity (Wildman–Crippen MR) is 66.8 cm³/mol. The summed E-state index contributed by atoms with van der Waals surface area (Å²) in [5.74, 6) is 0.776. The van der Waals surface area contributed by atoms with E-state index in [1.54, 1.807) is 25.3 Å². The molecule has 3 nitrogen and oxygen atoms in total. The molecule has 2 rings (SSSR count). The number of hydrogen-bond donors (Lipinski definition) is 2. The molecule has 0 amide bonds. The van der Waals surface area contributed by atoms with E-state index in [1.807, 2.05) is 0 Å². The fraction of sp³-hybridized carbons (Fsp3) is 0.0769. The summed E-state index contributed by atoms with van der Waals surface area (Å²) < 4.78 is 5.04. The van der Waals surface area contributed by atoms with E-state index in [1.165, 1.54) is 18.2 Å². The smallest absolute Gasteiger partial charge is 0.123 e. The fourth-order valence-corrected chi connectivity index (χ4v) is 1.85. The SMILES string of the molecule is COc1ccc(-c2cc(O)ccc2O)c(Cl)c1. The van der Waals surface area contributed by atoms with Crippen LogP contribution in [0.5, 0.6) is 17.2 Å². The van der Waals surface area contributed by atoms with E-state index in [0.717, 1.165) is 0 Å². The summed E-state index contributed by atoms with van der Waals surface area (Å²) in [6.45, 7) is 0. The molecule has 2 aromatic carbocycles. The summed E-state index contributed by atoms with van der Waals surface area (Å²) in [7, 11) is 1.55. The minimum absolute atomic E-state index is 0.0647. The average Bonchev–Trinajstić information content (AvgIpc) is 2.32. The number of benzene rings is 2. The van der Waals surface area contributed by atoms with Gasteiger partial charge in [0, 0.05) is 11.1 Å².